The maximum Gasteiger partial charge on any atom is 0.258 e. The van der Waals surface area contributed by atoms with E-state index >= 15 is 0 Å². The average molecular weight is 330 g/mol. The molecule has 1 atom stereocenters. The number of piperidine rings is 1. The summed E-state index contributed by atoms with van der Waals surface area (Å²) in [5.74, 6) is 0.995. The molecular weight excluding hydrogens is 310 g/mol. The van der Waals surface area contributed by atoms with Gasteiger partial charge in [0.1, 0.15) is 5.82 Å². The van der Waals surface area contributed by atoms with Crippen LogP contribution in [-0.2, 0) is 0 Å². The Hall–Kier alpha value is -2.07. The normalized spacial score (nSPS) is 17.8. The number of anilines is 2. The summed E-state index contributed by atoms with van der Waals surface area (Å²) < 4.78 is 0. The Balaban J connectivity index is 1.68. The highest BCUT2D eigenvalue weighted by molar-refractivity contribution is 6.34. The highest BCUT2D eigenvalue weighted by Gasteiger charge is 2.17. The summed E-state index contributed by atoms with van der Waals surface area (Å²) in [5, 5.41) is 3.22. The van der Waals surface area contributed by atoms with Crippen molar-refractivity contribution in [3.63, 3.8) is 0 Å². The molecule has 2 heterocycles. The zero-order valence-corrected chi connectivity index (χ0v) is 13.9. The summed E-state index contributed by atoms with van der Waals surface area (Å²) in [6.45, 7) is 4.40. The number of nitrogens with one attached hydrogen (secondary N) is 1. The SMILES string of the molecule is CC1CCCN(c2ccc(NC(=O)c3ccccc3Cl)nc2)C1. The van der Waals surface area contributed by atoms with Crippen LogP contribution in [0.25, 0.3) is 0 Å². The Kier molecular flexibility index (Phi) is 4.82. The van der Waals surface area contributed by atoms with Gasteiger partial charge in [-0.2, -0.15) is 0 Å². The van der Waals surface area contributed by atoms with Gasteiger partial charge in [-0.05, 0) is 43.0 Å². The third kappa shape index (κ3) is 3.82. The van der Waals surface area contributed by atoms with E-state index in [9.17, 15) is 4.79 Å². The molecule has 3 rings (SSSR count). The van der Waals surface area contributed by atoms with Crippen molar-refractivity contribution < 1.29 is 4.79 Å². The van der Waals surface area contributed by atoms with E-state index in [2.05, 4.69) is 22.1 Å². The molecule has 120 valence electrons. The van der Waals surface area contributed by atoms with Gasteiger partial charge in [-0.1, -0.05) is 30.7 Å². The van der Waals surface area contributed by atoms with Gasteiger partial charge in [0, 0.05) is 13.1 Å². The van der Waals surface area contributed by atoms with E-state index in [1.165, 1.54) is 12.8 Å². The summed E-state index contributed by atoms with van der Waals surface area (Å²) in [5.41, 5.74) is 1.55. The van der Waals surface area contributed by atoms with Gasteiger partial charge < -0.3 is 10.2 Å². The maximum atomic E-state index is 12.2. The predicted molar refractivity (Wildman–Crippen MR) is 94.3 cm³/mol. The van der Waals surface area contributed by atoms with Crippen LogP contribution in [0.1, 0.15) is 30.1 Å². The van der Waals surface area contributed by atoms with Gasteiger partial charge >= 0.3 is 0 Å². The van der Waals surface area contributed by atoms with Gasteiger partial charge in [0.15, 0.2) is 0 Å². The summed E-state index contributed by atoms with van der Waals surface area (Å²) in [6.07, 6.45) is 4.32. The number of aromatic nitrogens is 1. The number of nitrogens with zero attached hydrogens (tertiary/aromatic N) is 2. The number of hydrogen-bond acceptors (Lipinski definition) is 3. The van der Waals surface area contributed by atoms with Gasteiger partial charge in [-0.3, -0.25) is 4.79 Å². The lowest BCUT2D eigenvalue weighted by Gasteiger charge is -2.32. The lowest BCUT2D eigenvalue weighted by Crippen LogP contribution is -2.34. The number of halogens is 1. The van der Waals surface area contributed by atoms with Crippen molar-refractivity contribution in [1.82, 2.24) is 4.98 Å². The van der Waals surface area contributed by atoms with Gasteiger partial charge in [-0.15, -0.1) is 0 Å². The smallest absolute Gasteiger partial charge is 0.258 e. The molecule has 1 saturated heterocycles. The molecule has 2 aromatic rings. The number of carbonyl (C=O) groups is 1. The quantitative estimate of drug-likeness (QED) is 0.916. The fourth-order valence-corrected chi connectivity index (χ4v) is 3.12. The van der Waals surface area contributed by atoms with Crippen LogP contribution < -0.4 is 10.2 Å². The Labute approximate surface area is 141 Å². The van der Waals surface area contributed by atoms with Crippen molar-refractivity contribution in [2.45, 2.75) is 19.8 Å². The standard InChI is InChI=1S/C18H20ClN3O/c1-13-5-4-10-22(12-13)14-8-9-17(20-11-14)21-18(23)15-6-2-3-7-16(15)19/h2-3,6-9,11,13H,4-5,10,12H2,1H3,(H,20,21,23). The van der Waals surface area contributed by atoms with Gasteiger partial charge in [-0.25, -0.2) is 4.98 Å². The van der Waals surface area contributed by atoms with E-state index in [4.69, 9.17) is 11.6 Å². The Morgan fingerprint density at radius 1 is 1.30 bits per heavy atom. The summed E-state index contributed by atoms with van der Waals surface area (Å²) in [7, 11) is 0. The number of pyridine rings is 1. The van der Waals surface area contributed by atoms with Crippen molar-refractivity contribution in [1.29, 1.82) is 0 Å². The van der Waals surface area contributed by atoms with E-state index in [0.717, 1.165) is 18.8 Å². The van der Waals surface area contributed by atoms with E-state index < -0.39 is 0 Å². The zero-order valence-electron chi connectivity index (χ0n) is 13.1. The first-order chi connectivity index (χ1) is 11.1. The van der Waals surface area contributed by atoms with Crippen LogP contribution in [0.5, 0.6) is 0 Å². The molecular formula is C18H20ClN3O. The molecule has 0 bridgehead atoms. The van der Waals surface area contributed by atoms with Crippen molar-refractivity contribution in [3.05, 3.63) is 53.2 Å². The third-order valence-corrected chi connectivity index (χ3v) is 4.46. The van der Waals surface area contributed by atoms with Gasteiger partial charge in [0.25, 0.3) is 5.91 Å². The molecule has 0 saturated carbocycles. The minimum absolute atomic E-state index is 0.248. The van der Waals surface area contributed by atoms with Crippen LogP contribution in [0, 0.1) is 5.92 Å². The van der Waals surface area contributed by atoms with Crippen LogP contribution in [0.2, 0.25) is 5.02 Å². The highest BCUT2D eigenvalue weighted by atomic mass is 35.5. The van der Waals surface area contributed by atoms with Gasteiger partial charge in [0.05, 0.1) is 22.5 Å². The second-order valence-electron chi connectivity index (χ2n) is 6.03. The molecule has 1 aromatic carbocycles. The zero-order chi connectivity index (χ0) is 16.2. The average Bonchev–Trinajstić information content (AvgIpc) is 2.56. The summed E-state index contributed by atoms with van der Waals surface area (Å²) in [6, 6.07) is 10.8. The Morgan fingerprint density at radius 2 is 2.13 bits per heavy atom. The molecule has 1 fully saturated rings. The first kappa shape index (κ1) is 15.8. The molecule has 1 N–H and O–H groups in total. The fraction of sp³-hybridized carbons (Fsp3) is 0.333. The molecule has 1 amide bonds. The minimum Gasteiger partial charge on any atom is -0.370 e. The van der Waals surface area contributed by atoms with Crippen LogP contribution in [0.3, 0.4) is 0 Å². The summed E-state index contributed by atoms with van der Waals surface area (Å²) in [4.78, 5) is 18.9. The largest absolute Gasteiger partial charge is 0.370 e. The molecule has 0 aliphatic carbocycles. The van der Waals surface area contributed by atoms with Crippen LogP contribution >= 0.6 is 11.6 Å². The number of benzene rings is 1. The first-order valence-electron chi connectivity index (χ1n) is 7.90. The first-order valence-corrected chi connectivity index (χ1v) is 8.28. The molecule has 1 aromatic heterocycles. The number of amides is 1. The van der Waals surface area contributed by atoms with Crippen molar-refractivity contribution >= 4 is 29.0 Å². The third-order valence-electron chi connectivity index (χ3n) is 4.13. The molecule has 23 heavy (non-hydrogen) atoms. The number of hydrogen-bond donors (Lipinski definition) is 1. The fourth-order valence-electron chi connectivity index (χ4n) is 2.90. The van der Waals surface area contributed by atoms with Crippen LogP contribution in [-0.4, -0.2) is 24.0 Å². The molecule has 0 radical (unpaired) electrons. The van der Waals surface area contributed by atoms with Crippen molar-refractivity contribution in [2.75, 3.05) is 23.3 Å². The van der Waals surface area contributed by atoms with E-state index in [0.29, 0.717) is 22.3 Å². The van der Waals surface area contributed by atoms with Crippen LogP contribution in [0.4, 0.5) is 11.5 Å². The maximum absolute atomic E-state index is 12.2. The summed E-state index contributed by atoms with van der Waals surface area (Å²) >= 11 is 6.04. The second kappa shape index (κ2) is 7.01. The van der Waals surface area contributed by atoms with E-state index in [-0.39, 0.29) is 5.91 Å². The molecule has 1 aliphatic heterocycles. The topological polar surface area (TPSA) is 45.2 Å². The Morgan fingerprint density at radius 3 is 2.83 bits per heavy atom. The van der Waals surface area contributed by atoms with Crippen LogP contribution in [0.15, 0.2) is 42.6 Å². The Bertz CT molecular complexity index is 687. The molecule has 5 heteroatoms. The molecule has 0 spiro atoms. The predicted octanol–water partition coefficient (Wildman–Crippen LogP) is 4.22. The van der Waals surface area contributed by atoms with Crippen molar-refractivity contribution in [3.8, 4) is 0 Å². The number of carbonyl (C=O) groups excluding carboxylic acids is 1. The van der Waals surface area contributed by atoms with Gasteiger partial charge in [0.2, 0.25) is 0 Å². The highest BCUT2D eigenvalue weighted by Crippen LogP contribution is 2.23. The monoisotopic (exact) mass is 329 g/mol. The minimum atomic E-state index is -0.248. The molecule has 1 aliphatic rings. The lowest BCUT2D eigenvalue weighted by molar-refractivity contribution is 0.102. The lowest BCUT2D eigenvalue weighted by atomic mass is 10.00. The van der Waals surface area contributed by atoms with E-state index in [1.807, 2.05) is 18.3 Å². The second-order valence-corrected chi connectivity index (χ2v) is 6.44. The van der Waals surface area contributed by atoms with Crippen molar-refractivity contribution in [2.24, 2.45) is 5.92 Å². The molecule has 4 nitrogen and oxygen atoms in total. The number of rotatable bonds is 3. The molecule has 1 unspecified atom stereocenters. The van der Waals surface area contributed by atoms with E-state index in [1.54, 1.807) is 24.3 Å².